The molecule has 0 spiro atoms. The van der Waals surface area contributed by atoms with Crippen molar-refractivity contribution in [2.75, 3.05) is 0 Å². The van der Waals surface area contributed by atoms with Gasteiger partial charge in [-0.1, -0.05) is 38.6 Å². The summed E-state index contributed by atoms with van der Waals surface area (Å²) < 4.78 is 62.8. The summed E-state index contributed by atoms with van der Waals surface area (Å²) in [5, 5.41) is 0. The lowest BCUT2D eigenvalue weighted by Crippen LogP contribution is -2.12. The monoisotopic (exact) mass is 396 g/mol. The van der Waals surface area contributed by atoms with Gasteiger partial charge in [-0.15, -0.1) is 0 Å². The number of rotatable bonds is 6. The molecule has 2 aromatic rings. The second kappa shape index (κ2) is 7.22. The van der Waals surface area contributed by atoms with Crippen LogP contribution in [0.25, 0.3) is 6.08 Å². The van der Waals surface area contributed by atoms with Crippen molar-refractivity contribution in [2.24, 2.45) is 0 Å². The van der Waals surface area contributed by atoms with Crippen LogP contribution in [0.1, 0.15) is 36.5 Å². The fourth-order valence-electron chi connectivity index (χ4n) is 2.38. The van der Waals surface area contributed by atoms with Gasteiger partial charge in [0.25, 0.3) is 10.1 Å². The van der Waals surface area contributed by atoms with E-state index in [4.69, 9.17) is 4.18 Å². The van der Waals surface area contributed by atoms with Crippen molar-refractivity contribution in [1.29, 1.82) is 0 Å². The molecule has 0 radical (unpaired) electrons. The zero-order chi connectivity index (χ0) is 19.7. The summed E-state index contributed by atoms with van der Waals surface area (Å²) in [6.07, 6.45) is 1.59. The predicted octanol–water partition coefficient (Wildman–Crippen LogP) is 3.78. The highest BCUT2D eigenvalue weighted by molar-refractivity contribution is 7.87. The van der Waals surface area contributed by atoms with Crippen LogP contribution < -0.4 is 4.18 Å². The van der Waals surface area contributed by atoms with E-state index in [1.54, 1.807) is 32.1 Å². The molecule has 0 atom stereocenters. The van der Waals surface area contributed by atoms with Crippen LogP contribution in [-0.4, -0.2) is 21.4 Å². The van der Waals surface area contributed by atoms with Crippen LogP contribution >= 0.6 is 0 Å². The Balaban J connectivity index is 2.51. The minimum Gasteiger partial charge on any atom is -0.379 e. The van der Waals surface area contributed by atoms with E-state index < -0.39 is 20.2 Å². The first kappa shape index (κ1) is 20.2. The van der Waals surface area contributed by atoms with E-state index in [0.717, 1.165) is 5.56 Å². The molecule has 0 aliphatic rings. The normalized spacial score (nSPS) is 12.2. The van der Waals surface area contributed by atoms with Crippen molar-refractivity contribution in [3.05, 3.63) is 59.7 Å². The number of benzene rings is 2. The van der Waals surface area contributed by atoms with Gasteiger partial charge in [0.2, 0.25) is 0 Å². The standard InChI is InChI=1S/C18H20O6S2/c1-5-14-6-8-15(9-7-14)26(22,23)24-17-11-16(12(2)3)18(10-13(17)4)25(19,20)21/h5-12H,1H2,2-4H3,(H,19,20,21). The predicted molar refractivity (Wildman–Crippen MR) is 99.4 cm³/mol. The number of hydrogen-bond acceptors (Lipinski definition) is 5. The quantitative estimate of drug-likeness (QED) is 0.589. The third-order valence-corrected chi connectivity index (χ3v) is 5.97. The molecule has 0 heterocycles. The van der Waals surface area contributed by atoms with E-state index in [-0.39, 0.29) is 32.6 Å². The van der Waals surface area contributed by atoms with Crippen LogP contribution in [0.15, 0.2) is 52.8 Å². The Kier molecular flexibility index (Phi) is 5.60. The molecular weight excluding hydrogens is 376 g/mol. The topological polar surface area (TPSA) is 97.7 Å². The third-order valence-electron chi connectivity index (χ3n) is 3.81. The van der Waals surface area contributed by atoms with Crippen LogP contribution in [0.2, 0.25) is 0 Å². The Morgan fingerprint density at radius 1 is 1.08 bits per heavy atom. The highest BCUT2D eigenvalue weighted by Crippen LogP contribution is 2.32. The van der Waals surface area contributed by atoms with E-state index >= 15 is 0 Å². The average Bonchev–Trinajstić information content (AvgIpc) is 2.55. The SMILES string of the molecule is C=Cc1ccc(S(=O)(=O)Oc2cc(C(C)C)c(S(=O)(=O)O)cc2C)cc1. The molecule has 0 unspecified atom stereocenters. The van der Waals surface area contributed by atoms with E-state index in [0.29, 0.717) is 0 Å². The van der Waals surface area contributed by atoms with Gasteiger partial charge in [0, 0.05) is 0 Å². The molecule has 8 heteroatoms. The largest absolute Gasteiger partial charge is 0.379 e. The van der Waals surface area contributed by atoms with Gasteiger partial charge in [-0.25, -0.2) is 0 Å². The summed E-state index contributed by atoms with van der Waals surface area (Å²) in [5.41, 5.74) is 1.30. The molecule has 0 aromatic heterocycles. The second-order valence-corrected chi connectivity index (χ2v) is 9.03. The van der Waals surface area contributed by atoms with Crippen LogP contribution in [-0.2, 0) is 20.2 Å². The van der Waals surface area contributed by atoms with Gasteiger partial charge < -0.3 is 4.18 Å². The smallest absolute Gasteiger partial charge is 0.339 e. The van der Waals surface area contributed by atoms with Gasteiger partial charge in [0.15, 0.2) is 0 Å². The Labute approximate surface area is 154 Å². The summed E-state index contributed by atoms with van der Waals surface area (Å²) >= 11 is 0. The Hall–Kier alpha value is -2.16. The lowest BCUT2D eigenvalue weighted by Gasteiger charge is -2.16. The highest BCUT2D eigenvalue weighted by Gasteiger charge is 2.23. The molecule has 26 heavy (non-hydrogen) atoms. The molecule has 0 fully saturated rings. The van der Waals surface area contributed by atoms with Gasteiger partial charge in [-0.05, 0) is 53.8 Å². The Morgan fingerprint density at radius 3 is 2.12 bits per heavy atom. The molecule has 0 aliphatic heterocycles. The van der Waals surface area contributed by atoms with Crippen LogP contribution in [0, 0.1) is 6.92 Å². The van der Waals surface area contributed by atoms with Crippen LogP contribution in [0.5, 0.6) is 5.75 Å². The summed E-state index contributed by atoms with van der Waals surface area (Å²) in [4.78, 5) is -0.294. The first-order valence-electron chi connectivity index (χ1n) is 7.74. The third kappa shape index (κ3) is 4.32. The minimum atomic E-state index is -4.44. The van der Waals surface area contributed by atoms with Crippen molar-refractivity contribution in [2.45, 2.75) is 36.5 Å². The first-order chi connectivity index (χ1) is 12.0. The molecule has 2 rings (SSSR count). The maximum Gasteiger partial charge on any atom is 0.339 e. The van der Waals surface area contributed by atoms with Gasteiger partial charge >= 0.3 is 10.1 Å². The Bertz CT molecular complexity index is 1030. The van der Waals surface area contributed by atoms with E-state index in [2.05, 4.69) is 6.58 Å². The summed E-state index contributed by atoms with van der Waals surface area (Å²) in [6.45, 7) is 8.57. The van der Waals surface area contributed by atoms with Crippen molar-refractivity contribution in [3.63, 3.8) is 0 Å². The van der Waals surface area contributed by atoms with Gasteiger partial charge in [-0.2, -0.15) is 16.8 Å². The number of aryl methyl sites for hydroxylation is 1. The van der Waals surface area contributed by atoms with E-state index in [1.165, 1.54) is 31.2 Å². The maximum absolute atomic E-state index is 12.5. The van der Waals surface area contributed by atoms with Crippen molar-refractivity contribution >= 4 is 26.3 Å². The zero-order valence-electron chi connectivity index (χ0n) is 14.6. The molecule has 140 valence electrons. The van der Waals surface area contributed by atoms with Crippen LogP contribution in [0.3, 0.4) is 0 Å². The highest BCUT2D eigenvalue weighted by atomic mass is 32.2. The molecular formula is C18H20O6S2. The lowest BCUT2D eigenvalue weighted by atomic mass is 10.0. The lowest BCUT2D eigenvalue weighted by molar-refractivity contribution is 0.478. The summed E-state index contributed by atoms with van der Waals surface area (Å²) in [6, 6.07) is 8.53. The van der Waals surface area contributed by atoms with Crippen LogP contribution in [0.4, 0.5) is 0 Å². The summed E-state index contributed by atoms with van der Waals surface area (Å²) in [7, 11) is -8.53. The number of hydrogen-bond donors (Lipinski definition) is 1. The molecule has 1 N–H and O–H groups in total. The maximum atomic E-state index is 12.5. The minimum absolute atomic E-state index is 0.00824. The average molecular weight is 396 g/mol. The summed E-state index contributed by atoms with van der Waals surface area (Å²) in [5.74, 6) is -0.265. The van der Waals surface area contributed by atoms with Crippen molar-refractivity contribution < 1.29 is 25.6 Å². The zero-order valence-corrected chi connectivity index (χ0v) is 16.3. The second-order valence-electron chi connectivity index (χ2n) is 6.10. The molecule has 0 aliphatic carbocycles. The van der Waals surface area contributed by atoms with Gasteiger partial charge in [0.1, 0.15) is 10.6 Å². The van der Waals surface area contributed by atoms with E-state index in [9.17, 15) is 21.4 Å². The fraction of sp³-hybridized carbons (Fsp3) is 0.222. The molecule has 0 bridgehead atoms. The molecule has 0 saturated heterocycles. The molecule has 0 amide bonds. The van der Waals surface area contributed by atoms with Crippen molar-refractivity contribution in [1.82, 2.24) is 0 Å². The fourth-order valence-corrected chi connectivity index (χ4v) is 4.28. The molecule has 2 aromatic carbocycles. The van der Waals surface area contributed by atoms with Gasteiger partial charge in [-0.3, -0.25) is 4.55 Å². The molecule has 6 nitrogen and oxygen atoms in total. The first-order valence-corrected chi connectivity index (χ1v) is 10.6. The van der Waals surface area contributed by atoms with E-state index in [1.807, 2.05) is 0 Å². The van der Waals surface area contributed by atoms with Crippen molar-refractivity contribution in [3.8, 4) is 5.75 Å². The van der Waals surface area contributed by atoms with Gasteiger partial charge in [0.05, 0.1) is 4.90 Å². The Morgan fingerprint density at radius 2 is 1.65 bits per heavy atom. The molecule has 0 saturated carbocycles.